The lowest BCUT2D eigenvalue weighted by Crippen LogP contribution is -2.58. The molecule has 1 saturated heterocycles. The molecule has 54 heavy (non-hydrogen) atoms. The smallest absolute Gasteiger partial charge is 0.417 e. The van der Waals surface area contributed by atoms with E-state index in [4.69, 9.17) is 0 Å². The molecule has 0 unspecified atom stereocenters. The number of fused-ring (bicyclic) bond motifs is 1. The van der Waals surface area contributed by atoms with Crippen molar-refractivity contribution in [1.29, 1.82) is 0 Å². The summed E-state index contributed by atoms with van der Waals surface area (Å²) in [5.74, 6) is -6.69. The molecule has 3 heterocycles. The number of amides is 1. The van der Waals surface area contributed by atoms with Crippen LogP contribution in [-0.4, -0.2) is 76.1 Å². The Kier molecular flexibility index (Phi) is 14.1. The molecule has 0 bridgehead atoms. The topological polar surface area (TPSA) is 108 Å². The molecular weight excluding hydrogens is 716 g/mol. The zero-order chi connectivity index (χ0) is 40.9. The van der Waals surface area contributed by atoms with Crippen molar-refractivity contribution in [2.45, 2.75) is 79.1 Å². The summed E-state index contributed by atoms with van der Waals surface area (Å²) in [6.45, 7) is 12.2. The van der Waals surface area contributed by atoms with Crippen LogP contribution in [0, 0.1) is 19.7 Å². The number of anilines is 1. The molecule has 1 fully saturated rings. The third kappa shape index (κ3) is 9.23. The summed E-state index contributed by atoms with van der Waals surface area (Å²) in [5, 5.41) is 12.6. The maximum atomic E-state index is 15.6. The second-order valence-corrected chi connectivity index (χ2v) is 12.7. The molecular formula is C39H47F6N5O4. The molecule has 294 valence electrons. The lowest BCUT2D eigenvalue weighted by Gasteiger charge is -2.44. The second-order valence-electron chi connectivity index (χ2n) is 12.7. The van der Waals surface area contributed by atoms with Crippen LogP contribution in [0.4, 0.5) is 32.0 Å². The third-order valence-electron chi connectivity index (χ3n) is 9.13. The van der Waals surface area contributed by atoms with Gasteiger partial charge in [-0.15, -0.1) is 0 Å². The van der Waals surface area contributed by atoms with Crippen LogP contribution in [0.5, 0.6) is 0 Å². The molecule has 1 aliphatic rings. The molecule has 5 rings (SSSR count). The van der Waals surface area contributed by atoms with Gasteiger partial charge in [0.25, 0.3) is 17.4 Å². The Morgan fingerprint density at radius 3 is 2.22 bits per heavy atom. The molecule has 2 aromatic heterocycles. The fourth-order valence-electron chi connectivity index (χ4n) is 6.41. The molecule has 2 aromatic carbocycles. The summed E-state index contributed by atoms with van der Waals surface area (Å²) >= 11 is 0. The van der Waals surface area contributed by atoms with Crippen LogP contribution in [-0.2, 0) is 24.4 Å². The van der Waals surface area contributed by atoms with Crippen molar-refractivity contribution in [3.8, 4) is 11.1 Å². The van der Waals surface area contributed by atoms with Gasteiger partial charge in [0, 0.05) is 68.6 Å². The van der Waals surface area contributed by atoms with Crippen LogP contribution < -0.4 is 15.8 Å². The number of pyridine rings is 2. The number of halogens is 6. The third-order valence-corrected chi connectivity index (χ3v) is 9.13. The van der Waals surface area contributed by atoms with Gasteiger partial charge < -0.3 is 24.8 Å². The number of alkyl halides is 5. The Labute approximate surface area is 310 Å². The SMILES string of the molecule is CC.CC.Cc1cc(N2CCN(C)C[C@@H]2C(C)(F)F)cc(F)c1C(=O)N[C@@H](Cc1ccc(-c2c(C(F)(F)F)cc(C)n(C)c2=O)c2ncccc12)C(=O)O. The number of likely N-dealkylation sites (N-methyl/N-ethyl adjacent to an activating group) is 1. The van der Waals surface area contributed by atoms with E-state index in [0.717, 1.165) is 23.6 Å². The van der Waals surface area contributed by atoms with Gasteiger partial charge in [-0.1, -0.05) is 45.9 Å². The zero-order valence-corrected chi connectivity index (χ0v) is 31.8. The minimum Gasteiger partial charge on any atom is -0.480 e. The molecule has 2 N–H and O–H groups in total. The van der Waals surface area contributed by atoms with Crippen molar-refractivity contribution in [3.05, 3.63) is 92.8 Å². The minimum atomic E-state index is -4.87. The van der Waals surface area contributed by atoms with E-state index in [2.05, 4.69) is 10.3 Å². The van der Waals surface area contributed by atoms with E-state index in [1.807, 2.05) is 27.7 Å². The number of piperazine rings is 1. The number of carbonyl (C=O) groups excluding carboxylic acids is 1. The molecule has 9 nitrogen and oxygen atoms in total. The number of benzene rings is 2. The van der Waals surface area contributed by atoms with Gasteiger partial charge in [0.2, 0.25) is 0 Å². The van der Waals surface area contributed by atoms with Gasteiger partial charge in [0.05, 0.1) is 22.2 Å². The molecule has 1 aliphatic heterocycles. The van der Waals surface area contributed by atoms with Crippen molar-refractivity contribution in [2.24, 2.45) is 7.05 Å². The van der Waals surface area contributed by atoms with E-state index in [1.54, 1.807) is 11.9 Å². The predicted octanol–water partition coefficient (Wildman–Crippen LogP) is 7.63. The van der Waals surface area contributed by atoms with E-state index >= 15 is 4.39 Å². The minimum absolute atomic E-state index is 0.00395. The highest BCUT2D eigenvalue weighted by Crippen LogP contribution is 2.39. The standard InChI is InChI=1S/C35H35F6N5O4.2C2H6/c1-18-13-21(46-12-11-44(4)17-27(46)34(3,37)38)16-25(36)28(18)31(47)43-26(33(49)50)15-20-8-9-23(30-22(20)7-6-10-42-30)29-24(35(39,40)41)14-19(2)45(5)32(29)48;2*1-2/h6-10,13-14,16,26-27H,11-12,15,17H2,1-5H3,(H,43,47)(H,49,50);2*1-2H3/t26-,27+;;/m0../s1. The van der Waals surface area contributed by atoms with Gasteiger partial charge in [-0.25, -0.2) is 18.0 Å². The highest BCUT2D eigenvalue weighted by Gasteiger charge is 2.42. The fourth-order valence-corrected chi connectivity index (χ4v) is 6.41. The van der Waals surface area contributed by atoms with Crippen molar-refractivity contribution < 1.29 is 41.0 Å². The number of hydrogen-bond donors (Lipinski definition) is 2. The number of aromatic nitrogens is 2. The van der Waals surface area contributed by atoms with Gasteiger partial charge in [-0.3, -0.25) is 14.6 Å². The lowest BCUT2D eigenvalue weighted by atomic mass is 9.93. The number of rotatable bonds is 8. The van der Waals surface area contributed by atoms with Gasteiger partial charge in [-0.2, -0.15) is 13.2 Å². The molecule has 15 heteroatoms. The quantitative estimate of drug-likeness (QED) is 0.178. The number of carbonyl (C=O) groups is 2. The van der Waals surface area contributed by atoms with Gasteiger partial charge in [0.15, 0.2) is 0 Å². The lowest BCUT2D eigenvalue weighted by molar-refractivity contribution is -0.139. The van der Waals surface area contributed by atoms with E-state index in [1.165, 1.54) is 62.3 Å². The molecule has 0 saturated carbocycles. The van der Waals surface area contributed by atoms with Crippen LogP contribution in [0.25, 0.3) is 22.0 Å². The van der Waals surface area contributed by atoms with E-state index in [9.17, 15) is 41.4 Å². The van der Waals surface area contributed by atoms with Gasteiger partial charge in [0.1, 0.15) is 17.9 Å². The van der Waals surface area contributed by atoms with Crippen LogP contribution >= 0.6 is 0 Å². The molecule has 0 spiro atoms. The first kappa shape index (κ1) is 43.5. The van der Waals surface area contributed by atoms with Gasteiger partial charge >= 0.3 is 12.1 Å². The summed E-state index contributed by atoms with van der Waals surface area (Å²) in [7, 11) is 3.05. The first-order chi connectivity index (χ1) is 25.3. The summed E-state index contributed by atoms with van der Waals surface area (Å²) < 4.78 is 88.1. The molecule has 4 aromatic rings. The Bertz CT molecular complexity index is 2020. The Morgan fingerprint density at radius 2 is 1.65 bits per heavy atom. The average Bonchev–Trinajstić information content (AvgIpc) is 3.11. The molecule has 2 atom stereocenters. The number of carboxylic acid groups (broad SMARTS) is 1. The number of aryl methyl sites for hydroxylation is 2. The number of hydrogen-bond acceptors (Lipinski definition) is 6. The van der Waals surface area contributed by atoms with E-state index in [-0.39, 0.29) is 58.5 Å². The van der Waals surface area contributed by atoms with Crippen LogP contribution in [0.2, 0.25) is 0 Å². The largest absolute Gasteiger partial charge is 0.480 e. The fraction of sp³-hybridized carbons (Fsp3) is 0.436. The highest BCUT2D eigenvalue weighted by molar-refractivity contribution is 5.99. The number of nitrogens with one attached hydrogen (secondary N) is 1. The van der Waals surface area contributed by atoms with Crippen molar-refractivity contribution >= 4 is 28.5 Å². The van der Waals surface area contributed by atoms with Gasteiger partial charge in [-0.05, 0) is 56.3 Å². The summed E-state index contributed by atoms with van der Waals surface area (Å²) in [6.07, 6.45) is -3.93. The van der Waals surface area contributed by atoms with Crippen LogP contribution in [0.1, 0.15) is 67.4 Å². The summed E-state index contributed by atoms with van der Waals surface area (Å²) in [4.78, 5) is 46.3. The van der Waals surface area contributed by atoms with Crippen molar-refractivity contribution in [3.63, 3.8) is 0 Å². The number of nitrogens with zero attached hydrogens (tertiary/aromatic N) is 4. The van der Waals surface area contributed by atoms with Crippen molar-refractivity contribution in [1.82, 2.24) is 19.8 Å². The maximum absolute atomic E-state index is 15.6. The van der Waals surface area contributed by atoms with E-state index < -0.39 is 64.1 Å². The Balaban J connectivity index is 0.00000190. The van der Waals surface area contributed by atoms with E-state index in [0.29, 0.717) is 6.54 Å². The zero-order valence-electron chi connectivity index (χ0n) is 31.8. The summed E-state index contributed by atoms with van der Waals surface area (Å²) in [6, 6.07) is 5.97. The first-order valence-corrected chi connectivity index (χ1v) is 17.6. The van der Waals surface area contributed by atoms with Crippen LogP contribution in [0.15, 0.2) is 53.5 Å². The normalized spacial score (nSPS) is 15.5. The highest BCUT2D eigenvalue weighted by atomic mass is 19.4. The second kappa shape index (κ2) is 17.5. The number of aliphatic carboxylic acids is 1. The molecule has 1 amide bonds. The summed E-state index contributed by atoms with van der Waals surface area (Å²) in [5.41, 5.74) is -2.64. The first-order valence-electron chi connectivity index (χ1n) is 17.6. The maximum Gasteiger partial charge on any atom is 0.417 e. The number of carboxylic acids is 1. The van der Waals surface area contributed by atoms with Crippen LogP contribution in [0.3, 0.4) is 0 Å². The Morgan fingerprint density at radius 1 is 1.00 bits per heavy atom. The average molecular weight is 764 g/mol. The van der Waals surface area contributed by atoms with Crippen molar-refractivity contribution in [2.75, 3.05) is 31.6 Å². The monoisotopic (exact) mass is 763 g/mol. The molecule has 0 aliphatic carbocycles. The Hall–Kier alpha value is -4.92. The molecule has 0 radical (unpaired) electrons. The predicted molar refractivity (Wildman–Crippen MR) is 198 cm³/mol.